The first-order chi connectivity index (χ1) is 9.99. The molecule has 1 rings (SSSR count). The largest absolute Gasteiger partial charge is 0.409 e. The van der Waals surface area contributed by atoms with Gasteiger partial charge in [0.15, 0.2) is 5.84 Å². The second kappa shape index (κ2) is 8.46. The number of oxime groups is 1. The molecule has 0 saturated heterocycles. The van der Waals surface area contributed by atoms with Gasteiger partial charge in [0.25, 0.3) is 5.76 Å². The molecule has 8 heteroatoms. The van der Waals surface area contributed by atoms with Crippen LogP contribution < -0.4 is 11.1 Å². The number of anilines is 1. The number of alkyl halides is 2. The summed E-state index contributed by atoms with van der Waals surface area (Å²) < 4.78 is 25.0. The Hall–Kier alpha value is -1.83. The Balaban J connectivity index is 2.91. The molecule has 4 N–H and O–H groups in total. The zero-order chi connectivity index (χ0) is 15.8. The summed E-state index contributed by atoms with van der Waals surface area (Å²) in [5.41, 5.74) is 5.77. The number of thioether (sulfide) groups is 1. The van der Waals surface area contributed by atoms with Crippen LogP contribution in [0.4, 0.5) is 14.5 Å². The first-order valence-corrected chi connectivity index (χ1v) is 7.19. The Morgan fingerprint density at radius 1 is 1.48 bits per heavy atom. The van der Waals surface area contributed by atoms with Crippen molar-refractivity contribution in [2.45, 2.75) is 30.4 Å². The predicted octanol–water partition coefficient (Wildman–Crippen LogP) is 3.10. The Labute approximate surface area is 125 Å². The van der Waals surface area contributed by atoms with E-state index in [1.807, 2.05) is 6.92 Å². The first kappa shape index (κ1) is 17.2. The van der Waals surface area contributed by atoms with Crippen molar-refractivity contribution in [2.24, 2.45) is 16.8 Å². The molecule has 21 heavy (non-hydrogen) atoms. The molecule has 0 aromatic heterocycles. The minimum absolute atomic E-state index is 0.201. The van der Waals surface area contributed by atoms with Crippen LogP contribution in [0.25, 0.3) is 0 Å². The third-order valence-electron chi connectivity index (χ3n) is 2.73. The van der Waals surface area contributed by atoms with Gasteiger partial charge in [0.2, 0.25) is 5.91 Å². The fourth-order valence-electron chi connectivity index (χ4n) is 1.76. The van der Waals surface area contributed by atoms with Gasteiger partial charge in [0, 0.05) is 4.90 Å². The fraction of sp³-hybridized carbons (Fsp3) is 0.385. The van der Waals surface area contributed by atoms with Gasteiger partial charge in [-0.1, -0.05) is 42.4 Å². The predicted molar refractivity (Wildman–Crippen MR) is 78.7 cm³/mol. The van der Waals surface area contributed by atoms with Crippen LogP contribution >= 0.6 is 11.8 Å². The first-order valence-electron chi connectivity index (χ1n) is 6.31. The molecule has 0 fully saturated rings. The van der Waals surface area contributed by atoms with Gasteiger partial charge in [-0.3, -0.25) is 4.79 Å². The van der Waals surface area contributed by atoms with Crippen molar-refractivity contribution < 1.29 is 18.8 Å². The monoisotopic (exact) mass is 317 g/mol. The second-order valence-corrected chi connectivity index (χ2v) is 5.26. The quantitative estimate of drug-likeness (QED) is 0.237. The van der Waals surface area contributed by atoms with E-state index < -0.39 is 17.6 Å². The minimum Gasteiger partial charge on any atom is -0.409 e. The molecule has 116 valence electrons. The molecule has 0 bridgehead atoms. The van der Waals surface area contributed by atoms with Gasteiger partial charge in [-0.15, -0.1) is 0 Å². The molecule has 0 aliphatic rings. The van der Waals surface area contributed by atoms with Crippen LogP contribution in [0.1, 0.15) is 19.8 Å². The van der Waals surface area contributed by atoms with Crippen molar-refractivity contribution in [2.75, 3.05) is 5.32 Å². The van der Waals surface area contributed by atoms with Gasteiger partial charge >= 0.3 is 0 Å². The van der Waals surface area contributed by atoms with Gasteiger partial charge in [0.05, 0.1) is 11.6 Å². The third-order valence-corrected chi connectivity index (χ3v) is 3.52. The summed E-state index contributed by atoms with van der Waals surface area (Å²) >= 11 is 0.347. The van der Waals surface area contributed by atoms with Crippen LogP contribution in [0, 0.1) is 5.92 Å². The van der Waals surface area contributed by atoms with E-state index in [4.69, 9.17) is 10.9 Å². The number of benzene rings is 1. The number of nitrogens with zero attached hydrogens (tertiary/aromatic N) is 1. The highest BCUT2D eigenvalue weighted by atomic mass is 32.2. The van der Waals surface area contributed by atoms with Crippen LogP contribution in [0.15, 0.2) is 34.3 Å². The lowest BCUT2D eigenvalue weighted by atomic mass is 10.0. The average Bonchev–Trinajstić information content (AvgIpc) is 2.45. The van der Waals surface area contributed by atoms with Gasteiger partial charge in [-0.05, 0) is 18.6 Å². The number of carbonyl (C=O) groups is 1. The maximum absolute atomic E-state index is 12.5. The van der Waals surface area contributed by atoms with Crippen molar-refractivity contribution in [3.63, 3.8) is 0 Å². The molecule has 0 aliphatic carbocycles. The van der Waals surface area contributed by atoms with Gasteiger partial charge in [0.1, 0.15) is 0 Å². The fourth-order valence-corrected chi connectivity index (χ4v) is 2.36. The minimum atomic E-state index is -2.58. The topological polar surface area (TPSA) is 87.7 Å². The number of hydrogen-bond donors (Lipinski definition) is 3. The van der Waals surface area contributed by atoms with E-state index >= 15 is 0 Å². The SMILES string of the molecule is CCCC(C(=O)Nc1ccccc1SC(F)F)C(N)=NO. The molecule has 0 aliphatic heterocycles. The van der Waals surface area contributed by atoms with Crippen LogP contribution in [0.3, 0.4) is 0 Å². The van der Waals surface area contributed by atoms with Gasteiger partial charge < -0.3 is 16.3 Å². The summed E-state index contributed by atoms with van der Waals surface area (Å²) in [6.45, 7) is 1.85. The number of amidine groups is 1. The van der Waals surface area contributed by atoms with Crippen LogP contribution in [0.5, 0.6) is 0 Å². The summed E-state index contributed by atoms with van der Waals surface area (Å²) in [4.78, 5) is 12.4. The number of hydrogen-bond acceptors (Lipinski definition) is 4. The Kier molecular flexibility index (Phi) is 6.93. The van der Waals surface area contributed by atoms with Crippen molar-refractivity contribution in [3.05, 3.63) is 24.3 Å². The number of para-hydroxylation sites is 1. The molecule has 5 nitrogen and oxygen atoms in total. The Bertz CT molecular complexity index is 512. The molecule has 0 saturated carbocycles. The summed E-state index contributed by atoms with van der Waals surface area (Å²) in [7, 11) is 0. The van der Waals surface area contributed by atoms with E-state index in [1.165, 1.54) is 12.1 Å². The summed E-state index contributed by atoms with van der Waals surface area (Å²) in [5, 5.41) is 14.1. The lowest BCUT2D eigenvalue weighted by Crippen LogP contribution is -2.34. The highest BCUT2D eigenvalue weighted by Gasteiger charge is 2.23. The maximum atomic E-state index is 12.5. The Morgan fingerprint density at radius 3 is 2.71 bits per heavy atom. The highest BCUT2D eigenvalue weighted by Crippen LogP contribution is 2.31. The molecule has 1 unspecified atom stereocenters. The zero-order valence-electron chi connectivity index (χ0n) is 11.4. The van der Waals surface area contributed by atoms with Crippen LogP contribution in [-0.4, -0.2) is 22.7 Å². The average molecular weight is 317 g/mol. The standard InChI is InChI=1S/C13H17F2N3O2S/c1-2-5-8(11(16)18-20)12(19)17-9-6-3-4-7-10(9)21-13(14)15/h3-4,6-8,13,20H,2,5H2,1H3,(H2,16,18)(H,17,19). The van der Waals surface area contributed by atoms with Gasteiger partial charge in [-0.2, -0.15) is 8.78 Å². The molecule has 0 heterocycles. The van der Waals surface area contributed by atoms with Crippen LogP contribution in [0.2, 0.25) is 0 Å². The molecule has 0 spiro atoms. The molecule has 1 atom stereocenters. The number of halogens is 2. The van der Waals surface area contributed by atoms with E-state index in [9.17, 15) is 13.6 Å². The zero-order valence-corrected chi connectivity index (χ0v) is 12.2. The lowest BCUT2D eigenvalue weighted by molar-refractivity contribution is -0.118. The molecule has 1 aromatic carbocycles. The van der Waals surface area contributed by atoms with Crippen molar-refractivity contribution in [1.29, 1.82) is 0 Å². The molecular weight excluding hydrogens is 300 g/mol. The van der Waals surface area contributed by atoms with E-state index in [1.54, 1.807) is 12.1 Å². The molecular formula is C13H17F2N3O2S. The molecule has 1 amide bonds. The van der Waals surface area contributed by atoms with Crippen LogP contribution in [-0.2, 0) is 4.79 Å². The summed E-state index contributed by atoms with van der Waals surface area (Å²) in [5.74, 6) is -4.08. The highest BCUT2D eigenvalue weighted by molar-refractivity contribution is 7.99. The number of rotatable bonds is 7. The summed E-state index contributed by atoms with van der Waals surface area (Å²) in [6.07, 6.45) is 1.05. The van der Waals surface area contributed by atoms with E-state index in [0.717, 1.165) is 0 Å². The number of carbonyl (C=O) groups excluding carboxylic acids is 1. The number of nitrogens with two attached hydrogens (primary N) is 1. The summed E-state index contributed by atoms with van der Waals surface area (Å²) in [6, 6.07) is 6.25. The van der Waals surface area contributed by atoms with Gasteiger partial charge in [-0.25, -0.2) is 0 Å². The number of amides is 1. The maximum Gasteiger partial charge on any atom is 0.288 e. The van der Waals surface area contributed by atoms with Crippen molar-refractivity contribution >= 4 is 29.2 Å². The smallest absolute Gasteiger partial charge is 0.288 e. The van der Waals surface area contributed by atoms with Crippen molar-refractivity contribution in [3.8, 4) is 0 Å². The molecule has 0 radical (unpaired) electrons. The lowest BCUT2D eigenvalue weighted by Gasteiger charge is -2.16. The van der Waals surface area contributed by atoms with E-state index in [-0.39, 0.29) is 16.4 Å². The normalized spacial score (nSPS) is 13.2. The van der Waals surface area contributed by atoms with E-state index in [2.05, 4.69) is 10.5 Å². The molecule has 1 aromatic rings. The third kappa shape index (κ3) is 5.22. The second-order valence-electron chi connectivity index (χ2n) is 4.23. The van der Waals surface area contributed by atoms with E-state index in [0.29, 0.717) is 24.6 Å². The Morgan fingerprint density at radius 2 is 2.14 bits per heavy atom. The van der Waals surface area contributed by atoms with Crippen molar-refractivity contribution in [1.82, 2.24) is 0 Å². The number of nitrogens with one attached hydrogen (secondary N) is 1.